The van der Waals surface area contributed by atoms with E-state index in [0.717, 1.165) is 40.2 Å². The number of amides is 1. The van der Waals surface area contributed by atoms with E-state index in [2.05, 4.69) is 0 Å². The first-order valence-electron chi connectivity index (χ1n) is 12.6. The molecule has 1 aliphatic heterocycles. The molecule has 1 unspecified atom stereocenters. The minimum Gasteiger partial charge on any atom is -0.449 e. The number of para-hydroxylation sites is 1. The van der Waals surface area contributed by atoms with Crippen molar-refractivity contribution >= 4 is 28.6 Å². The zero-order valence-electron chi connectivity index (χ0n) is 20.9. The smallest absolute Gasteiger partial charge is 0.338 e. The van der Waals surface area contributed by atoms with Gasteiger partial charge in [0.15, 0.2) is 6.10 Å². The van der Waals surface area contributed by atoms with Gasteiger partial charge in [0.1, 0.15) is 0 Å². The van der Waals surface area contributed by atoms with Crippen molar-refractivity contribution in [2.24, 2.45) is 0 Å². The van der Waals surface area contributed by atoms with Crippen molar-refractivity contribution in [3.63, 3.8) is 0 Å². The molecular weight excluding hydrogens is 474 g/mol. The molecular formula is C32H25N3O3. The molecule has 4 aromatic carbocycles. The van der Waals surface area contributed by atoms with Gasteiger partial charge in [0.25, 0.3) is 5.91 Å². The van der Waals surface area contributed by atoms with Crippen molar-refractivity contribution in [2.75, 3.05) is 11.4 Å². The van der Waals surface area contributed by atoms with Gasteiger partial charge in [-0.1, -0.05) is 78.9 Å². The summed E-state index contributed by atoms with van der Waals surface area (Å²) in [5.74, 6) is -0.807. The average Bonchev–Trinajstić information content (AvgIpc) is 3.41. The minimum atomic E-state index is -0.921. The Kier molecular flexibility index (Phi) is 6.14. The van der Waals surface area contributed by atoms with Crippen molar-refractivity contribution in [3.8, 4) is 22.5 Å². The number of carbonyl (C=O) groups excluding carboxylic acids is 2. The molecule has 0 aliphatic carbocycles. The summed E-state index contributed by atoms with van der Waals surface area (Å²) in [6, 6.07) is 32.7. The Morgan fingerprint density at radius 2 is 1.37 bits per heavy atom. The summed E-state index contributed by atoms with van der Waals surface area (Å²) in [5, 5.41) is 0. The van der Waals surface area contributed by atoms with Crippen molar-refractivity contribution in [1.82, 2.24) is 9.97 Å². The number of carbonyl (C=O) groups is 2. The van der Waals surface area contributed by atoms with Gasteiger partial charge in [-0.05, 0) is 43.2 Å². The lowest BCUT2D eigenvalue weighted by atomic mass is 10.0. The molecule has 1 atom stereocenters. The summed E-state index contributed by atoms with van der Waals surface area (Å²) >= 11 is 0. The van der Waals surface area contributed by atoms with E-state index in [9.17, 15) is 9.59 Å². The van der Waals surface area contributed by atoms with Gasteiger partial charge >= 0.3 is 5.97 Å². The van der Waals surface area contributed by atoms with E-state index in [1.165, 1.54) is 0 Å². The van der Waals surface area contributed by atoms with Crippen LogP contribution in [0.15, 0.2) is 103 Å². The van der Waals surface area contributed by atoms with Crippen LogP contribution in [0.2, 0.25) is 0 Å². The number of aromatic nitrogens is 2. The molecule has 2 heterocycles. The quantitative estimate of drug-likeness (QED) is 0.273. The molecule has 0 N–H and O–H groups in total. The average molecular weight is 500 g/mol. The molecule has 38 heavy (non-hydrogen) atoms. The number of anilines is 1. The van der Waals surface area contributed by atoms with Gasteiger partial charge in [-0.25, -0.2) is 14.8 Å². The number of hydrogen-bond acceptors (Lipinski definition) is 5. The van der Waals surface area contributed by atoms with Gasteiger partial charge < -0.3 is 9.64 Å². The third-order valence-electron chi connectivity index (χ3n) is 6.78. The van der Waals surface area contributed by atoms with E-state index < -0.39 is 12.1 Å². The molecule has 0 radical (unpaired) electrons. The molecule has 0 bridgehead atoms. The molecule has 0 fully saturated rings. The highest BCUT2D eigenvalue weighted by Gasteiger charge is 2.30. The lowest BCUT2D eigenvalue weighted by molar-refractivity contribution is -0.126. The molecule has 1 aliphatic rings. The highest BCUT2D eigenvalue weighted by molar-refractivity contribution is 6.01. The second-order valence-corrected chi connectivity index (χ2v) is 9.27. The van der Waals surface area contributed by atoms with E-state index in [0.29, 0.717) is 23.1 Å². The summed E-state index contributed by atoms with van der Waals surface area (Å²) in [6.07, 6.45) is -0.128. The Labute approximate surface area is 220 Å². The monoisotopic (exact) mass is 499 g/mol. The van der Waals surface area contributed by atoms with E-state index in [4.69, 9.17) is 14.7 Å². The molecule has 0 saturated carbocycles. The predicted octanol–water partition coefficient (Wildman–Crippen LogP) is 6.10. The number of benzene rings is 4. The maximum atomic E-state index is 13.1. The maximum Gasteiger partial charge on any atom is 0.338 e. The zero-order chi connectivity index (χ0) is 26.1. The van der Waals surface area contributed by atoms with Crippen molar-refractivity contribution < 1.29 is 14.3 Å². The highest BCUT2D eigenvalue weighted by atomic mass is 16.5. The van der Waals surface area contributed by atoms with Crippen LogP contribution < -0.4 is 4.90 Å². The van der Waals surface area contributed by atoms with Crippen LogP contribution in [0.4, 0.5) is 5.69 Å². The van der Waals surface area contributed by atoms with E-state index in [1.807, 2.05) is 84.9 Å². The van der Waals surface area contributed by atoms with Crippen molar-refractivity contribution in [1.29, 1.82) is 0 Å². The minimum absolute atomic E-state index is 0.234. The fourth-order valence-electron chi connectivity index (χ4n) is 4.84. The van der Waals surface area contributed by atoms with Crippen LogP contribution in [0.25, 0.3) is 33.5 Å². The topological polar surface area (TPSA) is 72.4 Å². The number of fused-ring (bicyclic) bond motifs is 2. The largest absolute Gasteiger partial charge is 0.449 e. The van der Waals surface area contributed by atoms with E-state index in [-0.39, 0.29) is 5.91 Å². The Morgan fingerprint density at radius 3 is 2.05 bits per heavy atom. The number of hydrogen-bond donors (Lipinski definition) is 0. The molecule has 5 aromatic rings. The molecule has 0 spiro atoms. The van der Waals surface area contributed by atoms with Crippen LogP contribution in [-0.2, 0) is 16.0 Å². The van der Waals surface area contributed by atoms with Gasteiger partial charge in [-0.3, -0.25) is 4.79 Å². The van der Waals surface area contributed by atoms with Gasteiger partial charge in [0.05, 0.1) is 28.0 Å². The second kappa shape index (κ2) is 9.90. The van der Waals surface area contributed by atoms with Crippen molar-refractivity contribution in [2.45, 2.75) is 19.4 Å². The van der Waals surface area contributed by atoms with Gasteiger partial charge in [-0.15, -0.1) is 0 Å². The Bertz CT molecular complexity index is 1650. The maximum absolute atomic E-state index is 13.1. The third-order valence-corrected chi connectivity index (χ3v) is 6.78. The Hall–Kier alpha value is -4.84. The standard InChI is InChI=1S/C32H25N3O3/c1-21(31(36)35-19-18-22-10-8-9-15-28(22)35)38-32(37)25-16-17-26-27(20-25)34-30(24-13-6-3-7-14-24)29(33-26)23-11-4-2-5-12-23/h2-17,20-21H,18-19H2,1H3. The molecule has 0 saturated heterocycles. The van der Waals surface area contributed by atoms with Crippen LogP contribution >= 0.6 is 0 Å². The summed E-state index contributed by atoms with van der Waals surface area (Å²) < 4.78 is 5.60. The van der Waals surface area contributed by atoms with Crippen LogP contribution in [0.5, 0.6) is 0 Å². The number of esters is 1. The fourth-order valence-corrected chi connectivity index (χ4v) is 4.84. The summed E-state index contributed by atoms with van der Waals surface area (Å²) in [6.45, 7) is 2.19. The fraction of sp³-hybridized carbons (Fsp3) is 0.125. The number of ether oxygens (including phenoxy) is 1. The molecule has 6 nitrogen and oxygen atoms in total. The molecule has 1 amide bonds. The molecule has 6 heteroatoms. The third kappa shape index (κ3) is 4.41. The summed E-state index contributed by atoms with van der Waals surface area (Å²) in [4.78, 5) is 37.7. The predicted molar refractivity (Wildman–Crippen MR) is 148 cm³/mol. The highest BCUT2D eigenvalue weighted by Crippen LogP contribution is 2.31. The second-order valence-electron chi connectivity index (χ2n) is 9.27. The van der Waals surface area contributed by atoms with Crippen LogP contribution in [0.1, 0.15) is 22.8 Å². The zero-order valence-corrected chi connectivity index (χ0v) is 20.9. The van der Waals surface area contributed by atoms with Gasteiger partial charge in [-0.2, -0.15) is 0 Å². The van der Waals surface area contributed by atoms with Gasteiger partial charge in [0, 0.05) is 23.4 Å². The van der Waals surface area contributed by atoms with Crippen LogP contribution in [-0.4, -0.2) is 34.5 Å². The van der Waals surface area contributed by atoms with E-state index >= 15 is 0 Å². The first-order chi connectivity index (χ1) is 18.6. The summed E-state index contributed by atoms with van der Waals surface area (Å²) in [7, 11) is 0. The first kappa shape index (κ1) is 23.6. The van der Waals surface area contributed by atoms with E-state index in [1.54, 1.807) is 30.0 Å². The number of rotatable bonds is 5. The van der Waals surface area contributed by atoms with Gasteiger partial charge in [0.2, 0.25) is 0 Å². The number of nitrogens with zero attached hydrogens (tertiary/aromatic N) is 3. The Balaban J connectivity index is 1.30. The SMILES string of the molecule is CC(OC(=O)c1ccc2nc(-c3ccccc3)c(-c3ccccc3)nc2c1)C(=O)N1CCc2ccccc21. The Morgan fingerprint density at radius 1 is 0.763 bits per heavy atom. The normalized spacial score (nSPS) is 13.2. The van der Waals surface area contributed by atoms with Crippen LogP contribution in [0, 0.1) is 0 Å². The summed E-state index contributed by atoms with van der Waals surface area (Å²) in [5.41, 5.74) is 6.94. The lowest BCUT2D eigenvalue weighted by Gasteiger charge is -2.21. The molecule has 186 valence electrons. The molecule has 6 rings (SSSR count). The molecule has 1 aromatic heterocycles. The lowest BCUT2D eigenvalue weighted by Crippen LogP contribution is -2.39. The van der Waals surface area contributed by atoms with Crippen molar-refractivity contribution in [3.05, 3.63) is 114 Å². The van der Waals surface area contributed by atoms with Crippen LogP contribution in [0.3, 0.4) is 0 Å². The first-order valence-corrected chi connectivity index (χ1v) is 12.6.